The molecule has 0 fully saturated rings. The molecule has 0 aliphatic rings. The van der Waals surface area contributed by atoms with Crippen LogP contribution in [0.5, 0.6) is 0 Å². The molecule has 0 heterocycles. The van der Waals surface area contributed by atoms with Gasteiger partial charge in [0.15, 0.2) is 0 Å². The van der Waals surface area contributed by atoms with E-state index in [-0.39, 0.29) is 5.91 Å². The monoisotopic (exact) mass is 158 g/mol. The van der Waals surface area contributed by atoms with Gasteiger partial charge in [-0.25, -0.2) is 0 Å². The lowest BCUT2D eigenvalue weighted by Crippen LogP contribution is -2.24. The van der Waals surface area contributed by atoms with Gasteiger partial charge in [0.25, 0.3) is 0 Å². The highest BCUT2D eigenvalue weighted by Crippen LogP contribution is 2.03. The van der Waals surface area contributed by atoms with Crippen LogP contribution in [0.3, 0.4) is 0 Å². The maximum atomic E-state index is 10.4. The van der Waals surface area contributed by atoms with Crippen LogP contribution < -0.4 is 5.73 Å². The average molecular weight is 158 g/mol. The Morgan fingerprint density at radius 3 is 2.45 bits per heavy atom. The predicted octanol–water partition coefficient (Wildman–Crippen LogP) is 0.592. The Morgan fingerprint density at radius 2 is 2.09 bits per heavy atom. The number of amides is 1. The van der Waals surface area contributed by atoms with Gasteiger partial charge in [-0.15, -0.1) is 0 Å². The Kier molecular flexibility index (Phi) is 4.86. The minimum absolute atomic E-state index is 0.198. The van der Waals surface area contributed by atoms with Crippen molar-refractivity contribution >= 4 is 5.91 Å². The first-order valence-electron chi connectivity index (χ1n) is 3.98. The van der Waals surface area contributed by atoms with Crippen molar-refractivity contribution in [2.24, 2.45) is 5.73 Å². The molecular formula is C8H18N2O. The number of primary amides is 1. The zero-order chi connectivity index (χ0) is 8.85. The largest absolute Gasteiger partial charge is 0.370 e. The molecule has 0 aromatic carbocycles. The third kappa shape index (κ3) is 5.85. The van der Waals surface area contributed by atoms with E-state index in [0.29, 0.717) is 12.5 Å². The Bertz CT molecular complexity index is 123. The fraction of sp³-hybridized carbons (Fsp3) is 0.875. The van der Waals surface area contributed by atoms with Crippen molar-refractivity contribution in [2.75, 3.05) is 14.1 Å². The van der Waals surface area contributed by atoms with Crippen LogP contribution in [0, 0.1) is 0 Å². The lowest BCUT2D eigenvalue weighted by molar-refractivity contribution is -0.118. The van der Waals surface area contributed by atoms with E-state index in [0.717, 1.165) is 12.8 Å². The van der Waals surface area contributed by atoms with Crippen LogP contribution in [-0.4, -0.2) is 30.9 Å². The summed E-state index contributed by atoms with van der Waals surface area (Å²) in [4.78, 5) is 12.5. The number of hydrogen-bond donors (Lipinski definition) is 1. The molecule has 0 saturated carbocycles. The Labute approximate surface area is 68.6 Å². The minimum Gasteiger partial charge on any atom is -0.370 e. The van der Waals surface area contributed by atoms with Crippen LogP contribution in [0.15, 0.2) is 0 Å². The van der Waals surface area contributed by atoms with E-state index in [4.69, 9.17) is 5.73 Å². The SMILES string of the molecule is CC(CCCC(N)=O)N(C)C. The number of carbonyl (C=O) groups excluding carboxylic acids is 1. The van der Waals surface area contributed by atoms with E-state index in [9.17, 15) is 4.79 Å². The zero-order valence-corrected chi connectivity index (χ0v) is 7.63. The van der Waals surface area contributed by atoms with Crippen molar-refractivity contribution in [3.05, 3.63) is 0 Å². The van der Waals surface area contributed by atoms with Gasteiger partial charge >= 0.3 is 0 Å². The third-order valence-electron chi connectivity index (χ3n) is 1.93. The molecule has 0 bridgehead atoms. The van der Waals surface area contributed by atoms with Gasteiger partial charge < -0.3 is 10.6 Å². The molecule has 66 valence electrons. The number of rotatable bonds is 5. The molecule has 1 unspecified atom stereocenters. The lowest BCUT2D eigenvalue weighted by atomic mass is 10.1. The van der Waals surface area contributed by atoms with Crippen LogP contribution >= 0.6 is 0 Å². The molecule has 0 aliphatic heterocycles. The van der Waals surface area contributed by atoms with Crippen LogP contribution in [0.2, 0.25) is 0 Å². The molecule has 0 saturated heterocycles. The van der Waals surface area contributed by atoms with Gasteiger partial charge in [0.1, 0.15) is 0 Å². The Morgan fingerprint density at radius 1 is 1.55 bits per heavy atom. The summed E-state index contributed by atoms with van der Waals surface area (Å²) in [6.45, 7) is 2.14. The van der Waals surface area contributed by atoms with Gasteiger partial charge in [-0.05, 0) is 33.9 Å². The van der Waals surface area contributed by atoms with E-state index in [2.05, 4.69) is 11.8 Å². The summed E-state index contributed by atoms with van der Waals surface area (Å²) in [6.07, 6.45) is 2.45. The summed E-state index contributed by atoms with van der Waals surface area (Å²) >= 11 is 0. The van der Waals surface area contributed by atoms with Gasteiger partial charge in [0.2, 0.25) is 5.91 Å². The fourth-order valence-corrected chi connectivity index (χ4v) is 0.830. The van der Waals surface area contributed by atoms with Crippen molar-refractivity contribution in [1.82, 2.24) is 4.90 Å². The number of hydrogen-bond acceptors (Lipinski definition) is 2. The van der Waals surface area contributed by atoms with Gasteiger partial charge in [-0.3, -0.25) is 4.79 Å². The second-order valence-corrected chi connectivity index (χ2v) is 3.17. The van der Waals surface area contributed by atoms with Crippen molar-refractivity contribution in [3.8, 4) is 0 Å². The predicted molar refractivity (Wildman–Crippen MR) is 46.2 cm³/mol. The summed E-state index contributed by atoms with van der Waals surface area (Å²) in [5.41, 5.74) is 5.00. The zero-order valence-electron chi connectivity index (χ0n) is 7.63. The molecule has 2 N–H and O–H groups in total. The van der Waals surface area contributed by atoms with Gasteiger partial charge in [-0.2, -0.15) is 0 Å². The molecule has 0 rings (SSSR count). The first-order chi connectivity index (χ1) is 5.04. The average Bonchev–Trinajstić information content (AvgIpc) is 1.86. The first kappa shape index (κ1) is 10.4. The second kappa shape index (κ2) is 5.13. The molecule has 3 heteroatoms. The molecule has 1 atom stereocenters. The Balaban J connectivity index is 3.31. The Hall–Kier alpha value is -0.570. The summed E-state index contributed by atoms with van der Waals surface area (Å²) < 4.78 is 0. The second-order valence-electron chi connectivity index (χ2n) is 3.17. The quantitative estimate of drug-likeness (QED) is 0.636. The van der Waals surface area contributed by atoms with E-state index < -0.39 is 0 Å². The maximum Gasteiger partial charge on any atom is 0.217 e. The normalized spacial score (nSPS) is 13.5. The summed E-state index contributed by atoms with van der Waals surface area (Å²) in [7, 11) is 4.07. The van der Waals surface area contributed by atoms with E-state index >= 15 is 0 Å². The van der Waals surface area contributed by atoms with E-state index in [1.54, 1.807) is 0 Å². The minimum atomic E-state index is -0.198. The molecule has 3 nitrogen and oxygen atoms in total. The van der Waals surface area contributed by atoms with Gasteiger partial charge in [0, 0.05) is 12.5 Å². The molecule has 1 amide bonds. The highest BCUT2D eigenvalue weighted by molar-refractivity contribution is 5.73. The molecule has 11 heavy (non-hydrogen) atoms. The van der Waals surface area contributed by atoms with Crippen LogP contribution in [0.1, 0.15) is 26.2 Å². The standard InChI is InChI=1S/C8H18N2O/c1-7(10(2)3)5-4-6-8(9)11/h7H,4-6H2,1-3H3,(H2,9,11). The number of nitrogens with two attached hydrogens (primary N) is 1. The molecule has 0 radical (unpaired) electrons. The van der Waals surface area contributed by atoms with Crippen molar-refractivity contribution in [2.45, 2.75) is 32.2 Å². The van der Waals surface area contributed by atoms with Crippen LogP contribution in [0.25, 0.3) is 0 Å². The van der Waals surface area contributed by atoms with Crippen LogP contribution in [0.4, 0.5) is 0 Å². The third-order valence-corrected chi connectivity index (χ3v) is 1.93. The van der Waals surface area contributed by atoms with E-state index in [1.165, 1.54) is 0 Å². The summed E-state index contributed by atoms with van der Waals surface area (Å²) in [5, 5.41) is 0. The van der Waals surface area contributed by atoms with Crippen molar-refractivity contribution in [3.63, 3.8) is 0 Å². The van der Waals surface area contributed by atoms with Crippen LogP contribution in [-0.2, 0) is 4.79 Å². The van der Waals surface area contributed by atoms with E-state index in [1.807, 2.05) is 14.1 Å². The molecule has 0 aliphatic carbocycles. The van der Waals surface area contributed by atoms with Gasteiger partial charge in [-0.1, -0.05) is 0 Å². The molecule has 0 aromatic heterocycles. The first-order valence-corrected chi connectivity index (χ1v) is 3.98. The van der Waals surface area contributed by atoms with Crippen molar-refractivity contribution in [1.29, 1.82) is 0 Å². The topological polar surface area (TPSA) is 46.3 Å². The van der Waals surface area contributed by atoms with Gasteiger partial charge in [0.05, 0.1) is 0 Å². The highest BCUT2D eigenvalue weighted by Gasteiger charge is 2.04. The number of nitrogens with zero attached hydrogens (tertiary/aromatic N) is 1. The fourth-order valence-electron chi connectivity index (χ4n) is 0.830. The highest BCUT2D eigenvalue weighted by atomic mass is 16.1. The molecule has 0 spiro atoms. The smallest absolute Gasteiger partial charge is 0.217 e. The summed E-state index contributed by atoms with van der Waals surface area (Å²) in [5.74, 6) is -0.198. The lowest BCUT2D eigenvalue weighted by Gasteiger charge is -2.18. The maximum absolute atomic E-state index is 10.4. The van der Waals surface area contributed by atoms with Crippen molar-refractivity contribution < 1.29 is 4.79 Å². The molecular weight excluding hydrogens is 140 g/mol. The summed E-state index contributed by atoms with van der Waals surface area (Å²) in [6, 6.07) is 0.536. The molecule has 0 aromatic rings. The number of carbonyl (C=O) groups is 1.